The van der Waals surface area contributed by atoms with Crippen LogP contribution in [-0.2, 0) is 47.0 Å². The van der Waals surface area contributed by atoms with Gasteiger partial charge in [0, 0.05) is 31.0 Å². The summed E-state index contributed by atoms with van der Waals surface area (Å²) in [5.74, 6) is -4.03. The monoisotopic (exact) mass is 795 g/mol. The number of rotatable bonds is 4. The number of hydrogen-bond acceptors (Lipinski definition) is 10. The molecule has 6 rings (SSSR count). The molecule has 6 N–H and O–H groups in total. The number of amides is 5. The van der Waals surface area contributed by atoms with E-state index in [1.807, 2.05) is 0 Å². The largest absolute Gasteiger partial charge is 0.444 e. The van der Waals surface area contributed by atoms with E-state index in [4.69, 9.17) is 10.5 Å². The van der Waals surface area contributed by atoms with Gasteiger partial charge in [-0.1, -0.05) is 56.0 Å². The minimum Gasteiger partial charge on any atom is -0.444 e. The Labute approximate surface area is 326 Å². The van der Waals surface area contributed by atoms with Crippen LogP contribution in [0.2, 0.25) is 0 Å². The smallest absolute Gasteiger partial charge is 0.410 e. The molecule has 1 saturated heterocycles. The second-order valence-electron chi connectivity index (χ2n) is 15.7. The molecule has 302 valence electrons. The maximum Gasteiger partial charge on any atom is 0.410 e. The number of benzene rings is 2. The molecular weight excluding hydrogens is 746 g/mol. The Balaban J connectivity index is 1.29. The Morgan fingerprint density at radius 3 is 2.50 bits per heavy atom. The van der Waals surface area contributed by atoms with Crippen molar-refractivity contribution in [1.29, 1.82) is 0 Å². The van der Waals surface area contributed by atoms with Crippen molar-refractivity contribution in [3.63, 3.8) is 0 Å². The predicted octanol–water partition coefficient (Wildman–Crippen LogP) is 2.80. The number of carbonyl (C=O) groups excluding carboxylic acids is 5. The second kappa shape index (κ2) is 16.2. The summed E-state index contributed by atoms with van der Waals surface area (Å²) in [5.41, 5.74) is 4.38. The molecule has 0 unspecified atom stereocenters. The van der Waals surface area contributed by atoms with Gasteiger partial charge in [0.25, 0.3) is 15.9 Å². The highest BCUT2D eigenvalue weighted by Gasteiger charge is 2.61. The van der Waals surface area contributed by atoms with Gasteiger partial charge < -0.3 is 31.3 Å². The second-order valence-corrected chi connectivity index (χ2v) is 17.3. The van der Waals surface area contributed by atoms with Gasteiger partial charge >= 0.3 is 6.09 Å². The van der Waals surface area contributed by atoms with Crippen LogP contribution in [0.15, 0.2) is 60.0 Å². The van der Waals surface area contributed by atoms with E-state index < -0.39 is 80.7 Å². The van der Waals surface area contributed by atoms with Crippen molar-refractivity contribution in [2.75, 3.05) is 18.4 Å². The molecule has 0 aromatic heterocycles. The molecule has 2 aromatic carbocycles. The van der Waals surface area contributed by atoms with Gasteiger partial charge in [0.1, 0.15) is 34.4 Å². The van der Waals surface area contributed by atoms with Crippen molar-refractivity contribution in [1.82, 2.24) is 25.2 Å². The summed E-state index contributed by atoms with van der Waals surface area (Å²) in [7, 11) is -4.42. The fraction of sp³-hybridized carbons (Fsp3) is 0.513. The van der Waals surface area contributed by atoms with E-state index in [-0.39, 0.29) is 43.8 Å². The van der Waals surface area contributed by atoms with Crippen molar-refractivity contribution >= 4 is 45.4 Å². The maximum atomic E-state index is 14.5. The quantitative estimate of drug-likeness (QED) is 0.286. The third-order valence-corrected chi connectivity index (χ3v) is 12.3. The summed E-state index contributed by atoms with van der Waals surface area (Å²) < 4.78 is 49.8. The number of sulfonamides is 1. The van der Waals surface area contributed by atoms with Crippen LogP contribution in [-0.4, -0.2) is 90.3 Å². The fourth-order valence-corrected chi connectivity index (χ4v) is 8.81. The highest BCUT2D eigenvalue weighted by molar-refractivity contribution is 7.90. The van der Waals surface area contributed by atoms with Crippen LogP contribution in [0.5, 0.6) is 0 Å². The average Bonchev–Trinajstić information content (AvgIpc) is 3.44. The first-order chi connectivity index (χ1) is 26.5. The maximum absolute atomic E-state index is 14.5. The summed E-state index contributed by atoms with van der Waals surface area (Å²) in [6.45, 7) is 7.11. The number of anilines is 1. The fourth-order valence-electron chi connectivity index (χ4n) is 7.58. The number of para-hydroxylation sites is 1. The molecule has 3 heterocycles. The molecule has 4 aliphatic rings. The normalized spacial score (nSPS) is 27.1. The standard InChI is InChI=1S/C39H50FN7O8S/c1-4-25-20-39(25)36(51)45-56(53,54)32-17-10-9-15-29(32)42-18-11-7-5-6-8-16-30(43-35(50)38(2,3)41)34(49)47-22-26(19-31(47)33(48)44-39)55-37(52)46-21-24-13-12-14-28(40)27(24)23-46/h4,9-10,12-15,17,25-26,30-31,42H,1,5-8,11,16,18-23,41H2,2-3H3,(H,43,50)(H,44,48)(H,45,51)/t25-,26-,30+,31+,39-/m1/s1. The van der Waals surface area contributed by atoms with Crippen molar-refractivity contribution < 1.29 is 41.5 Å². The minimum absolute atomic E-state index is 0.0207. The average molecular weight is 796 g/mol. The Morgan fingerprint density at radius 1 is 1.05 bits per heavy atom. The Morgan fingerprint density at radius 2 is 1.79 bits per heavy atom. The zero-order valence-corrected chi connectivity index (χ0v) is 32.5. The van der Waals surface area contributed by atoms with Gasteiger partial charge in [-0.3, -0.25) is 24.1 Å². The zero-order chi connectivity index (χ0) is 40.4. The van der Waals surface area contributed by atoms with Crippen molar-refractivity contribution in [3.8, 4) is 0 Å². The molecular formula is C39H50FN7O8S. The number of hydrogen-bond donors (Lipinski definition) is 5. The van der Waals surface area contributed by atoms with Crippen LogP contribution in [0.25, 0.3) is 0 Å². The minimum atomic E-state index is -4.42. The zero-order valence-electron chi connectivity index (χ0n) is 31.6. The Kier molecular flexibility index (Phi) is 11.8. The molecule has 5 amide bonds. The van der Waals surface area contributed by atoms with Crippen LogP contribution >= 0.6 is 0 Å². The van der Waals surface area contributed by atoms with Gasteiger partial charge in [0.15, 0.2) is 0 Å². The molecule has 56 heavy (non-hydrogen) atoms. The van der Waals surface area contributed by atoms with Crippen molar-refractivity contribution in [2.45, 2.75) is 112 Å². The molecule has 1 spiro atoms. The number of nitrogens with two attached hydrogens (primary N) is 1. The van der Waals surface area contributed by atoms with Crippen LogP contribution in [0.4, 0.5) is 14.9 Å². The number of nitrogens with zero attached hydrogens (tertiary/aromatic N) is 2. The summed E-state index contributed by atoms with van der Waals surface area (Å²) in [6, 6.07) is 8.43. The number of ether oxygens (including phenoxy) is 1. The van der Waals surface area contributed by atoms with Crippen LogP contribution in [0.3, 0.4) is 0 Å². The van der Waals surface area contributed by atoms with E-state index in [2.05, 4.69) is 27.3 Å². The van der Waals surface area contributed by atoms with Crippen LogP contribution in [0.1, 0.15) is 76.3 Å². The number of nitrogens with one attached hydrogen (secondary N) is 4. The molecule has 2 aromatic rings. The molecule has 2 fully saturated rings. The summed E-state index contributed by atoms with van der Waals surface area (Å²) in [5, 5.41) is 8.64. The molecule has 5 atom stereocenters. The summed E-state index contributed by atoms with van der Waals surface area (Å²) in [6.07, 6.45) is 3.35. The molecule has 0 radical (unpaired) electrons. The topological polar surface area (TPSA) is 209 Å². The van der Waals surface area contributed by atoms with Crippen LogP contribution < -0.4 is 26.4 Å². The lowest BCUT2D eigenvalue weighted by Gasteiger charge is -2.31. The highest BCUT2D eigenvalue weighted by Crippen LogP contribution is 2.45. The number of fused-ring (bicyclic) bond motifs is 3. The van der Waals surface area contributed by atoms with E-state index >= 15 is 0 Å². The van der Waals surface area contributed by atoms with Gasteiger partial charge in [-0.2, -0.15) is 0 Å². The van der Waals surface area contributed by atoms with E-state index in [0.29, 0.717) is 36.2 Å². The van der Waals surface area contributed by atoms with Crippen molar-refractivity contribution in [3.05, 3.63) is 72.1 Å². The molecule has 0 bridgehead atoms. The first-order valence-corrected chi connectivity index (χ1v) is 20.5. The van der Waals surface area contributed by atoms with Gasteiger partial charge in [-0.15, -0.1) is 6.58 Å². The summed E-state index contributed by atoms with van der Waals surface area (Å²) >= 11 is 0. The third kappa shape index (κ3) is 8.68. The number of carbonyl (C=O) groups is 5. The summed E-state index contributed by atoms with van der Waals surface area (Å²) in [4.78, 5) is 71.7. The van der Waals surface area contributed by atoms with Gasteiger partial charge in [-0.05, 0) is 56.9 Å². The lowest BCUT2D eigenvalue weighted by molar-refractivity contribution is -0.143. The van der Waals surface area contributed by atoms with Crippen molar-refractivity contribution in [2.24, 2.45) is 11.7 Å². The SMILES string of the molecule is C=C[C@@H]1C[C@@]12NC(=O)[C@@H]1C[C@@H](OC(=O)N3Cc4cccc(F)c4C3)CN1C(=O)[C@@H](NC(=O)C(C)(C)N)CCCCCCCNc1ccccc1S(=O)(=O)NC2=O. The molecule has 17 heteroatoms. The lowest BCUT2D eigenvalue weighted by atomic mass is 10.0. The first-order valence-electron chi connectivity index (χ1n) is 19.0. The van der Waals surface area contributed by atoms with Gasteiger partial charge in [0.05, 0.1) is 24.3 Å². The van der Waals surface area contributed by atoms with Gasteiger partial charge in [-0.25, -0.2) is 22.3 Å². The van der Waals surface area contributed by atoms with E-state index in [0.717, 1.165) is 19.3 Å². The highest BCUT2D eigenvalue weighted by atomic mass is 32.2. The van der Waals surface area contributed by atoms with E-state index in [1.165, 1.54) is 41.9 Å². The Hall–Kier alpha value is -5.03. The Bertz CT molecular complexity index is 2010. The molecule has 1 saturated carbocycles. The van der Waals surface area contributed by atoms with E-state index in [1.54, 1.807) is 30.3 Å². The first kappa shape index (κ1) is 40.6. The van der Waals surface area contributed by atoms with Crippen LogP contribution in [0, 0.1) is 11.7 Å². The third-order valence-electron chi connectivity index (χ3n) is 10.9. The number of halogens is 1. The molecule has 3 aliphatic heterocycles. The lowest BCUT2D eigenvalue weighted by Crippen LogP contribution is -2.60. The molecule has 1 aliphatic carbocycles. The molecule has 15 nitrogen and oxygen atoms in total. The predicted molar refractivity (Wildman–Crippen MR) is 203 cm³/mol. The van der Waals surface area contributed by atoms with Gasteiger partial charge in [0.2, 0.25) is 17.7 Å². The van der Waals surface area contributed by atoms with E-state index in [9.17, 15) is 36.8 Å².